The number of anilines is 1. The minimum Gasteiger partial charge on any atom is -0.494 e. The van der Waals surface area contributed by atoms with Crippen molar-refractivity contribution in [1.29, 1.82) is 0 Å². The number of ether oxygens (including phenoxy) is 3. The van der Waals surface area contributed by atoms with E-state index in [9.17, 15) is 4.79 Å². The lowest BCUT2D eigenvalue weighted by molar-refractivity contribution is 0.0680. The monoisotopic (exact) mass is 341 g/mol. The van der Waals surface area contributed by atoms with Crippen LogP contribution in [-0.4, -0.2) is 31.8 Å². The Hall–Kier alpha value is -2.53. The number of carbonyl (C=O) groups excluding carboxylic acids is 1. The molecule has 0 aromatic heterocycles. The van der Waals surface area contributed by atoms with Crippen molar-refractivity contribution in [2.24, 2.45) is 0 Å². The second-order valence-corrected chi connectivity index (χ2v) is 5.89. The highest BCUT2D eigenvalue weighted by Gasteiger charge is 2.16. The van der Waals surface area contributed by atoms with Gasteiger partial charge in [-0.15, -0.1) is 0 Å². The second-order valence-electron chi connectivity index (χ2n) is 5.89. The van der Waals surface area contributed by atoms with Crippen molar-refractivity contribution in [2.75, 3.05) is 25.1 Å². The molecule has 1 N–H and O–H groups in total. The molecule has 1 fully saturated rings. The van der Waals surface area contributed by atoms with E-state index in [1.165, 1.54) is 0 Å². The molecule has 2 aromatic carbocycles. The molecule has 0 spiro atoms. The van der Waals surface area contributed by atoms with E-state index < -0.39 is 0 Å². The largest absolute Gasteiger partial charge is 0.494 e. The first-order valence-corrected chi connectivity index (χ1v) is 8.63. The Balaban J connectivity index is 1.57. The number of rotatable bonds is 7. The quantitative estimate of drug-likeness (QED) is 0.830. The van der Waals surface area contributed by atoms with Gasteiger partial charge in [-0.05, 0) is 56.2 Å². The van der Waals surface area contributed by atoms with E-state index in [-0.39, 0.29) is 12.0 Å². The lowest BCUT2D eigenvalue weighted by atomic mass is 10.2. The summed E-state index contributed by atoms with van der Waals surface area (Å²) in [6.45, 7) is 3.88. The molecule has 1 amide bonds. The predicted molar refractivity (Wildman–Crippen MR) is 96.5 cm³/mol. The number of hydrogen-bond acceptors (Lipinski definition) is 4. The predicted octanol–water partition coefficient (Wildman–Crippen LogP) is 3.90. The van der Waals surface area contributed by atoms with Crippen molar-refractivity contribution in [3.63, 3.8) is 0 Å². The van der Waals surface area contributed by atoms with Crippen LogP contribution in [0.3, 0.4) is 0 Å². The number of amides is 1. The van der Waals surface area contributed by atoms with Crippen LogP contribution in [0.1, 0.15) is 30.1 Å². The van der Waals surface area contributed by atoms with Crippen molar-refractivity contribution < 1.29 is 19.0 Å². The maximum atomic E-state index is 12.3. The SMILES string of the molecule is CCOc1ccc(C(=O)Nc2cccc(OCC3CCCO3)c2)cc1. The van der Waals surface area contributed by atoms with Crippen LogP contribution in [0, 0.1) is 0 Å². The molecule has 2 aromatic rings. The molecule has 3 rings (SSSR count). The first-order chi connectivity index (χ1) is 12.2. The van der Waals surface area contributed by atoms with Gasteiger partial charge < -0.3 is 19.5 Å². The fourth-order valence-electron chi connectivity index (χ4n) is 2.70. The van der Waals surface area contributed by atoms with E-state index >= 15 is 0 Å². The van der Waals surface area contributed by atoms with Gasteiger partial charge in [0.2, 0.25) is 0 Å². The Kier molecular flexibility index (Phi) is 5.90. The van der Waals surface area contributed by atoms with E-state index in [1.807, 2.05) is 31.2 Å². The molecule has 25 heavy (non-hydrogen) atoms. The van der Waals surface area contributed by atoms with Crippen molar-refractivity contribution in [3.05, 3.63) is 54.1 Å². The molecule has 0 bridgehead atoms. The molecule has 132 valence electrons. The minimum atomic E-state index is -0.167. The van der Waals surface area contributed by atoms with E-state index in [0.29, 0.717) is 24.5 Å². The second kappa shape index (κ2) is 8.53. The summed E-state index contributed by atoms with van der Waals surface area (Å²) in [6, 6.07) is 14.5. The lowest BCUT2D eigenvalue weighted by Crippen LogP contribution is -2.16. The van der Waals surface area contributed by atoms with Gasteiger partial charge >= 0.3 is 0 Å². The van der Waals surface area contributed by atoms with E-state index in [4.69, 9.17) is 14.2 Å². The summed E-state index contributed by atoms with van der Waals surface area (Å²) < 4.78 is 16.7. The molecular formula is C20H23NO4. The third-order valence-corrected chi connectivity index (χ3v) is 3.98. The molecule has 0 saturated carbocycles. The van der Waals surface area contributed by atoms with Crippen molar-refractivity contribution in [1.82, 2.24) is 0 Å². The number of hydrogen-bond donors (Lipinski definition) is 1. The lowest BCUT2D eigenvalue weighted by Gasteiger charge is -2.12. The van der Waals surface area contributed by atoms with Gasteiger partial charge in [-0.25, -0.2) is 0 Å². The Labute approximate surface area is 147 Å². The van der Waals surface area contributed by atoms with Crippen molar-refractivity contribution in [2.45, 2.75) is 25.9 Å². The van der Waals surface area contributed by atoms with Gasteiger partial charge in [0.25, 0.3) is 5.91 Å². The van der Waals surface area contributed by atoms with Crippen LogP contribution >= 0.6 is 0 Å². The summed E-state index contributed by atoms with van der Waals surface area (Å²) in [5.74, 6) is 1.31. The molecule has 1 aliphatic heterocycles. The Morgan fingerprint density at radius 3 is 2.72 bits per heavy atom. The maximum absolute atomic E-state index is 12.3. The fraction of sp³-hybridized carbons (Fsp3) is 0.350. The number of benzene rings is 2. The molecule has 5 heteroatoms. The van der Waals surface area contributed by atoms with Crippen LogP contribution in [0.25, 0.3) is 0 Å². The summed E-state index contributed by atoms with van der Waals surface area (Å²) in [4.78, 5) is 12.3. The molecule has 1 aliphatic rings. The third-order valence-electron chi connectivity index (χ3n) is 3.98. The van der Waals surface area contributed by atoms with Gasteiger partial charge in [0.05, 0.1) is 12.7 Å². The van der Waals surface area contributed by atoms with Crippen LogP contribution in [0.2, 0.25) is 0 Å². The maximum Gasteiger partial charge on any atom is 0.255 e. The third kappa shape index (κ3) is 4.97. The zero-order chi connectivity index (χ0) is 17.5. The highest BCUT2D eigenvalue weighted by molar-refractivity contribution is 6.04. The molecule has 1 saturated heterocycles. The normalized spacial score (nSPS) is 16.4. The van der Waals surface area contributed by atoms with Gasteiger partial charge in [0.1, 0.15) is 18.1 Å². The van der Waals surface area contributed by atoms with Gasteiger partial charge in [0.15, 0.2) is 0 Å². The topological polar surface area (TPSA) is 56.8 Å². The smallest absolute Gasteiger partial charge is 0.255 e. The van der Waals surface area contributed by atoms with E-state index in [2.05, 4.69) is 5.32 Å². The van der Waals surface area contributed by atoms with Crippen LogP contribution in [0.15, 0.2) is 48.5 Å². The first kappa shape index (κ1) is 17.3. The summed E-state index contributed by atoms with van der Waals surface area (Å²) in [7, 11) is 0. The van der Waals surface area contributed by atoms with Gasteiger partial charge in [-0.1, -0.05) is 6.07 Å². The highest BCUT2D eigenvalue weighted by Crippen LogP contribution is 2.20. The molecule has 1 unspecified atom stereocenters. The summed E-state index contributed by atoms with van der Waals surface area (Å²) in [5, 5.41) is 2.89. The average molecular weight is 341 g/mol. The standard InChI is InChI=1S/C20H23NO4/c1-2-23-17-10-8-15(9-11-17)20(22)21-16-5-3-6-18(13-16)25-14-19-7-4-12-24-19/h3,5-6,8-11,13,19H,2,4,7,12,14H2,1H3,(H,21,22). The molecular weight excluding hydrogens is 318 g/mol. The summed E-state index contributed by atoms with van der Waals surface area (Å²) in [6.07, 6.45) is 2.29. The van der Waals surface area contributed by atoms with E-state index in [1.54, 1.807) is 24.3 Å². The Morgan fingerprint density at radius 2 is 2.00 bits per heavy atom. The van der Waals surface area contributed by atoms with Crippen LogP contribution in [0.5, 0.6) is 11.5 Å². The fourth-order valence-corrected chi connectivity index (χ4v) is 2.70. The van der Waals surface area contributed by atoms with Gasteiger partial charge in [-0.2, -0.15) is 0 Å². The molecule has 0 aliphatic carbocycles. The molecule has 0 radical (unpaired) electrons. The molecule has 1 heterocycles. The molecule has 1 atom stereocenters. The van der Waals surface area contributed by atoms with Crippen LogP contribution < -0.4 is 14.8 Å². The van der Waals surface area contributed by atoms with Crippen molar-refractivity contribution in [3.8, 4) is 11.5 Å². The van der Waals surface area contributed by atoms with Gasteiger partial charge in [-0.3, -0.25) is 4.79 Å². The Bertz CT molecular complexity index is 693. The van der Waals surface area contributed by atoms with Crippen molar-refractivity contribution >= 4 is 11.6 Å². The minimum absolute atomic E-state index is 0.167. The number of nitrogens with one attached hydrogen (secondary N) is 1. The molecule has 5 nitrogen and oxygen atoms in total. The summed E-state index contributed by atoms with van der Waals surface area (Å²) in [5.41, 5.74) is 1.28. The number of carbonyl (C=O) groups is 1. The first-order valence-electron chi connectivity index (χ1n) is 8.63. The summed E-state index contributed by atoms with van der Waals surface area (Å²) >= 11 is 0. The van der Waals surface area contributed by atoms with Crippen LogP contribution in [0.4, 0.5) is 5.69 Å². The average Bonchev–Trinajstić information content (AvgIpc) is 3.15. The van der Waals surface area contributed by atoms with E-state index in [0.717, 1.165) is 30.9 Å². The zero-order valence-corrected chi connectivity index (χ0v) is 14.4. The highest BCUT2D eigenvalue weighted by atomic mass is 16.5. The van der Waals surface area contributed by atoms with Crippen LogP contribution in [-0.2, 0) is 4.74 Å². The Morgan fingerprint density at radius 1 is 1.16 bits per heavy atom. The zero-order valence-electron chi connectivity index (χ0n) is 14.4. The van der Waals surface area contributed by atoms with Gasteiger partial charge in [0, 0.05) is 23.9 Å².